The molecule has 54 heavy (non-hydrogen) atoms. The Kier molecular flexibility index (Phi) is 8.68. The number of Topliss-reactive ketones (excluding diaryl/α,β-unsaturated/α-hetero) is 1. The first kappa shape index (κ1) is 37.0. The van der Waals surface area contributed by atoms with Crippen LogP contribution >= 0.6 is 0 Å². The van der Waals surface area contributed by atoms with Crippen molar-refractivity contribution < 1.29 is 24.5 Å². The van der Waals surface area contributed by atoms with Crippen molar-refractivity contribution in [3.8, 4) is 5.75 Å². The van der Waals surface area contributed by atoms with Crippen molar-refractivity contribution in [1.29, 1.82) is 0 Å². The highest BCUT2D eigenvalue weighted by molar-refractivity contribution is 6.00. The van der Waals surface area contributed by atoms with Crippen LogP contribution < -0.4 is 10.1 Å². The first-order valence-electron chi connectivity index (χ1n) is 21.8. The topological polar surface area (TPSA) is 99.1 Å². The van der Waals surface area contributed by atoms with Crippen molar-refractivity contribution in [3.05, 3.63) is 48.1 Å². The van der Waals surface area contributed by atoms with Crippen LogP contribution in [0.1, 0.15) is 124 Å². The minimum atomic E-state index is -1.09. The van der Waals surface area contributed by atoms with Gasteiger partial charge in [-0.25, -0.2) is 4.79 Å². The summed E-state index contributed by atoms with van der Waals surface area (Å²) in [5.74, 6) is 3.33. The number of aliphatic hydroxyl groups is 2. The quantitative estimate of drug-likeness (QED) is 0.231. The van der Waals surface area contributed by atoms with Crippen LogP contribution in [0.5, 0.6) is 5.75 Å². The zero-order valence-corrected chi connectivity index (χ0v) is 33.7. The van der Waals surface area contributed by atoms with Crippen LogP contribution in [-0.4, -0.2) is 58.8 Å². The summed E-state index contributed by atoms with van der Waals surface area (Å²) in [6, 6.07) is 7.37. The Labute approximate surface area is 323 Å². The summed E-state index contributed by atoms with van der Waals surface area (Å²) in [5, 5.41) is 27.6. The van der Waals surface area contributed by atoms with Crippen molar-refractivity contribution in [2.75, 3.05) is 25.5 Å². The van der Waals surface area contributed by atoms with Crippen molar-refractivity contribution in [3.63, 3.8) is 0 Å². The molecular weight excluding hydrogens is 673 g/mol. The number of amides is 2. The van der Waals surface area contributed by atoms with Gasteiger partial charge in [0.2, 0.25) is 0 Å². The van der Waals surface area contributed by atoms with Crippen molar-refractivity contribution in [2.24, 2.45) is 62.6 Å². The minimum Gasteiger partial charge on any atom is -0.497 e. The zero-order valence-electron chi connectivity index (χ0n) is 33.7. The Morgan fingerprint density at radius 3 is 2.28 bits per heavy atom. The maximum atomic E-state index is 15.0. The van der Waals surface area contributed by atoms with Gasteiger partial charge < -0.3 is 25.2 Å². The number of ether oxygens (including phenoxy) is 1. The SMILES string of the molecule is COc1ccc(NC(=O)N(CC2CCC3CC2C3(C)C)CC2(O)CCC3C45C=CC6(C=C4C(=O)C4CCCCC4)CC(O)CCC6(C)C5CCC32C)cc1. The first-order chi connectivity index (χ1) is 25.7. The molecule has 10 aliphatic carbocycles. The second-order valence-electron chi connectivity index (χ2n) is 20.7. The number of urea groups is 1. The Morgan fingerprint density at radius 2 is 1.57 bits per heavy atom. The number of rotatable bonds is 8. The lowest BCUT2D eigenvalue weighted by molar-refractivity contribution is -0.179. The van der Waals surface area contributed by atoms with E-state index in [-0.39, 0.29) is 34.8 Å². The highest BCUT2D eigenvalue weighted by Gasteiger charge is 2.74. The number of carbonyl (C=O) groups is 2. The standard InChI is InChI=1S/C47H66N2O5/c1-42(2)32-12-11-31(36(42)25-32)28-49(41(52)48-33-13-15-35(54-5)16-14-33)29-46(53)22-19-39-44(46,4)21-18-38-43(3)20-17-34(50)26-45(43)23-24-47(38,39)37(27-45)40(51)30-9-7-6-8-10-30/h13-16,23-24,27,30-32,34,36,38-39,50,53H,6-12,17-22,25-26,28-29H2,1-5H3,(H,48,52). The second kappa shape index (κ2) is 12.7. The summed E-state index contributed by atoms with van der Waals surface area (Å²) >= 11 is 0. The zero-order chi connectivity index (χ0) is 37.9. The van der Waals surface area contributed by atoms with E-state index < -0.39 is 16.4 Å². The van der Waals surface area contributed by atoms with Crippen LogP contribution in [0.4, 0.5) is 10.5 Å². The van der Waals surface area contributed by atoms with Gasteiger partial charge in [-0.3, -0.25) is 4.79 Å². The van der Waals surface area contributed by atoms with Gasteiger partial charge in [0.05, 0.1) is 25.4 Å². The van der Waals surface area contributed by atoms with Crippen molar-refractivity contribution >= 4 is 17.5 Å². The van der Waals surface area contributed by atoms with Gasteiger partial charge >= 0.3 is 6.03 Å². The van der Waals surface area contributed by atoms with Crippen LogP contribution in [0.3, 0.4) is 0 Å². The molecule has 11 rings (SSSR count). The molecule has 10 aliphatic rings. The van der Waals surface area contributed by atoms with Crippen LogP contribution in [0.15, 0.2) is 48.1 Å². The molecule has 7 nitrogen and oxygen atoms in total. The lowest BCUT2D eigenvalue weighted by Gasteiger charge is -2.71. The van der Waals surface area contributed by atoms with Crippen molar-refractivity contribution in [2.45, 2.75) is 136 Å². The van der Waals surface area contributed by atoms with E-state index >= 15 is 0 Å². The number of ketones is 1. The fraction of sp³-hybridized carbons (Fsp3) is 0.745. The Hall–Kier alpha value is -2.64. The number of hydrogen-bond donors (Lipinski definition) is 3. The second-order valence-corrected chi connectivity index (χ2v) is 20.7. The number of carbonyl (C=O) groups excluding carboxylic acids is 2. The lowest BCUT2D eigenvalue weighted by Crippen LogP contribution is -2.68. The molecule has 0 aliphatic heterocycles. The lowest BCUT2D eigenvalue weighted by atomic mass is 9.32. The van der Waals surface area contributed by atoms with Crippen LogP contribution in [0, 0.1) is 62.6 Å². The van der Waals surface area contributed by atoms with Crippen molar-refractivity contribution in [1.82, 2.24) is 4.90 Å². The van der Waals surface area contributed by atoms with E-state index in [1.54, 1.807) is 7.11 Å². The van der Waals surface area contributed by atoms with E-state index in [9.17, 15) is 19.8 Å². The Bertz CT molecular complexity index is 1730. The minimum absolute atomic E-state index is 0.0436. The van der Waals surface area contributed by atoms with Gasteiger partial charge in [-0.15, -0.1) is 0 Å². The highest BCUT2D eigenvalue weighted by Crippen LogP contribution is 2.78. The molecule has 11 atom stereocenters. The molecule has 7 heteroatoms. The third kappa shape index (κ3) is 5.11. The summed E-state index contributed by atoms with van der Waals surface area (Å²) in [6.45, 7) is 10.5. The average Bonchev–Trinajstić information content (AvgIpc) is 3.44. The first-order valence-corrected chi connectivity index (χ1v) is 21.8. The molecule has 0 aromatic heterocycles. The van der Waals surface area contributed by atoms with Gasteiger partial charge in [-0.05, 0) is 142 Å². The van der Waals surface area contributed by atoms with Crippen LogP contribution in [0.25, 0.3) is 0 Å². The van der Waals surface area contributed by atoms with Crippen LogP contribution in [0.2, 0.25) is 0 Å². The van der Waals surface area contributed by atoms with E-state index in [1.807, 2.05) is 29.2 Å². The highest BCUT2D eigenvalue weighted by atomic mass is 16.5. The molecule has 1 aromatic rings. The van der Waals surface area contributed by atoms with Gasteiger partial charge in [-0.2, -0.15) is 0 Å². The summed E-state index contributed by atoms with van der Waals surface area (Å²) in [7, 11) is 1.65. The summed E-state index contributed by atoms with van der Waals surface area (Å²) in [5.41, 5.74) is -0.316. The predicted molar refractivity (Wildman–Crippen MR) is 212 cm³/mol. The molecule has 3 N–H and O–H groups in total. The maximum Gasteiger partial charge on any atom is 0.321 e. The third-order valence-corrected chi connectivity index (χ3v) is 18.5. The summed E-state index contributed by atoms with van der Waals surface area (Å²) < 4.78 is 5.38. The average molecular weight is 739 g/mol. The molecule has 7 saturated carbocycles. The van der Waals surface area contributed by atoms with E-state index in [0.29, 0.717) is 54.9 Å². The van der Waals surface area contributed by atoms with Gasteiger partial charge in [0, 0.05) is 40.0 Å². The number of nitrogens with one attached hydrogen (secondary N) is 1. The number of aliphatic hydroxyl groups excluding tert-OH is 1. The van der Waals surface area contributed by atoms with E-state index in [2.05, 4.69) is 51.2 Å². The monoisotopic (exact) mass is 738 g/mol. The molecule has 0 radical (unpaired) electrons. The number of benzene rings is 1. The molecular formula is C47H66N2O5. The molecule has 0 heterocycles. The number of fused-ring (bicyclic) bond motifs is 3. The maximum absolute atomic E-state index is 15.0. The number of methoxy groups -OCH3 is 1. The van der Waals surface area contributed by atoms with Gasteiger partial charge in [0.1, 0.15) is 5.75 Å². The molecule has 294 valence electrons. The van der Waals surface area contributed by atoms with E-state index in [1.165, 1.54) is 19.3 Å². The number of allylic oxidation sites excluding steroid dienone is 4. The molecule has 11 unspecified atom stereocenters. The van der Waals surface area contributed by atoms with Gasteiger partial charge in [0.25, 0.3) is 0 Å². The molecule has 7 fully saturated rings. The fourth-order valence-corrected chi connectivity index (χ4v) is 15.1. The largest absolute Gasteiger partial charge is 0.497 e. The smallest absolute Gasteiger partial charge is 0.321 e. The summed E-state index contributed by atoms with van der Waals surface area (Å²) in [6.07, 6.45) is 21.6. The normalized spacial score (nSPS) is 44.2. The molecule has 2 spiro atoms. The molecule has 2 amide bonds. The molecule has 0 saturated heterocycles. The molecule has 1 aromatic carbocycles. The van der Waals surface area contributed by atoms with Gasteiger partial charge in [0.15, 0.2) is 5.78 Å². The van der Waals surface area contributed by atoms with Gasteiger partial charge in [-0.1, -0.05) is 65.2 Å². The molecule has 4 bridgehead atoms. The summed E-state index contributed by atoms with van der Waals surface area (Å²) in [4.78, 5) is 31.5. The van der Waals surface area contributed by atoms with E-state index in [4.69, 9.17) is 4.74 Å². The number of anilines is 1. The Morgan fingerprint density at radius 1 is 0.870 bits per heavy atom. The Balaban J connectivity index is 1.07. The fourth-order valence-electron chi connectivity index (χ4n) is 15.1. The number of nitrogens with zero attached hydrogens (tertiary/aromatic N) is 1. The number of hydrogen-bond acceptors (Lipinski definition) is 5. The third-order valence-electron chi connectivity index (χ3n) is 18.5. The predicted octanol–water partition coefficient (Wildman–Crippen LogP) is 9.34. The van der Waals surface area contributed by atoms with E-state index in [0.717, 1.165) is 87.1 Å². The van der Waals surface area contributed by atoms with Crippen LogP contribution in [-0.2, 0) is 4.79 Å².